The summed E-state index contributed by atoms with van der Waals surface area (Å²) < 4.78 is 12.5. The molecule has 0 amide bonds. The molecule has 0 bridgehead atoms. The molecular weight excluding hydrogens is 389 g/mol. The van der Waals surface area contributed by atoms with Gasteiger partial charge in [-0.05, 0) is 36.8 Å². The first kappa shape index (κ1) is 18.8. The van der Waals surface area contributed by atoms with Crippen LogP contribution >= 0.6 is 23.2 Å². The number of aromatic nitrogens is 2. The highest BCUT2D eigenvalue weighted by molar-refractivity contribution is 7.84. The molecule has 1 atom stereocenters. The number of aryl methyl sites for hydroxylation is 1. The zero-order chi connectivity index (χ0) is 18.5. The molecule has 7 heteroatoms. The van der Waals surface area contributed by atoms with E-state index in [1.165, 1.54) is 0 Å². The summed E-state index contributed by atoms with van der Waals surface area (Å²) in [4.78, 5) is 9.57. The third-order valence-electron chi connectivity index (χ3n) is 3.65. The van der Waals surface area contributed by atoms with Gasteiger partial charge in [-0.25, -0.2) is 9.97 Å². The van der Waals surface area contributed by atoms with Gasteiger partial charge in [-0.15, -0.1) is 0 Å². The van der Waals surface area contributed by atoms with Gasteiger partial charge in [-0.1, -0.05) is 47.5 Å². The number of hydrogen-bond donors (Lipinski definition) is 1. The Labute approximate surface area is 165 Å². The number of nitrogens with one attached hydrogen (secondary N) is 1. The van der Waals surface area contributed by atoms with E-state index in [1.807, 2.05) is 49.4 Å². The molecule has 3 rings (SSSR count). The molecular formula is C19H17Cl2N3OS. The van der Waals surface area contributed by atoms with E-state index in [0.717, 1.165) is 16.2 Å². The molecule has 0 aliphatic rings. The predicted molar refractivity (Wildman–Crippen MR) is 107 cm³/mol. The first-order valence-electron chi connectivity index (χ1n) is 7.97. The minimum absolute atomic E-state index is 0.337. The summed E-state index contributed by atoms with van der Waals surface area (Å²) in [5.74, 6) is 1.63. The fourth-order valence-electron chi connectivity index (χ4n) is 2.43. The van der Waals surface area contributed by atoms with E-state index < -0.39 is 10.8 Å². The second kappa shape index (κ2) is 8.62. The number of benzene rings is 2. The van der Waals surface area contributed by atoms with Crippen molar-refractivity contribution >= 4 is 39.8 Å². The largest absolute Gasteiger partial charge is 0.366 e. The summed E-state index contributed by atoms with van der Waals surface area (Å²) in [5.41, 5.74) is 1.64. The highest BCUT2D eigenvalue weighted by Crippen LogP contribution is 2.22. The maximum Gasteiger partial charge on any atom is 0.130 e. The molecule has 134 valence electrons. The smallest absolute Gasteiger partial charge is 0.130 e. The summed E-state index contributed by atoms with van der Waals surface area (Å²) in [6, 6.07) is 16.6. The number of rotatable bonds is 6. The number of nitrogens with zero attached hydrogens (tertiary/aromatic N) is 2. The highest BCUT2D eigenvalue weighted by Gasteiger charge is 2.09. The molecule has 0 fully saturated rings. The zero-order valence-electron chi connectivity index (χ0n) is 14.1. The van der Waals surface area contributed by atoms with Crippen LogP contribution < -0.4 is 5.32 Å². The lowest BCUT2D eigenvalue weighted by molar-refractivity contribution is 0.682. The number of halogens is 2. The maximum atomic E-state index is 12.5. The van der Waals surface area contributed by atoms with Crippen molar-refractivity contribution in [3.8, 4) is 0 Å². The van der Waals surface area contributed by atoms with Crippen LogP contribution in [0.4, 0.5) is 5.82 Å². The van der Waals surface area contributed by atoms with Crippen LogP contribution in [0.5, 0.6) is 0 Å². The van der Waals surface area contributed by atoms with Crippen molar-refractivity contribution < 1.29 is 4.21 Å². The Hall–Kier alpha value is -1.95. The normalized spacial score (nSPS) is 12.0. The molecule has 0 spiro atoms. The van der Waals surface area contributed by atoms with Crippen molar-refractivity contribution in [2.24, 2.45) is 0 Å². The number of hydrogen-bond acceptors (Lipinski definition) is 4. The fourth-order valence-corrected chi connectivity index (χ4v) is 3.95. The van der Waals surface area contributed by atoms with Gasteiger partial charge in [0.2, 0.25) is 0 Å². The van der Waals surface area contributed by atoms with Gasteiger partial charge in [0.1, 0.15) is 11.6 Å². The molecule has 0 unspecified atom stereocenters. The van der Waals surface area contributed by atoms with E-state index in [9.17, 15) is 4.21 Å². The molecule has 4 nitrogen and oxygen atoms in total. The van der Waals surface area contributed by atoms with Crippen molar-refractivity contribution in [1.82, 2.24) is 9.97 Å². The lowest BCUT2D eigenvalue weighted by Crippen LogP contribution is -2.07. The monoisotopic (exact) mass is 405 g/mol. The minimum atomic E-state index is -1.15. The Morgan fingerprint density at radius 3 is 2.54 bits per heavy atom. The summed E-state index contributed by atoms with van der Waals surface area (Å²) >= 11 is 12.1. The van der Waals surface area contributed by atoms with Crippen LogP contribution in [0.1, 0.15) is 17.1 Å². The van der Waals surface area contributed by atoms with Crippen molar-refractivity contribution in [2.45, 2.75) is 24.1 Å². The number of anilines is 1. The summed E-state index contributed by atoms with van der Waals surface area (Å²) in [6.07, 6.45) is 0. The molecule has 1 N–H and O–H groups in total. The van der Waals surface area contributed by atoms with Gasteiger partial charge in [-0.2, -0.15) is 0 Å². The first-order valence-corrected chi connectivity index (χ1v) is 10.0. The van der Waals surface area contributed by atoms with Gasteiger partial charge in [0.05, 0.1) is 22.2 Å². The second-order valence-electron chi connectivity index (χ2n) is 5.68. The molecule has 1 aromatic heterocycles. The van der Waals surface area contributed by atoms with Crippen molar-refractivity contribution in [2.75, 3.05) is 5.32 Å². The lowest BCUT2D eigenvalue weighted by atomic mass is 10.2. The zero-order valence-corrected chi connectivity index (χ0v) is 16.4. The van der Waals surface area contributed by atoms with Crippen LogP contribution in [0.2, 0.25) is 10.0 Å². The molecule has 3 aromatic rings. The SMILES string of the molecule is Cc1nc(C[S@](=O)c2ccccc2)cc(NCc2ccc(Cl)cc2Cl)n1. The molecule has 0 aliphatic carbocycles. The Balaban J connectivity index is 1.72. The highest BCUT2D eigenvalue weighted by atomic mass is 35.5. The Morgan fingerprint density at radius 2 is 1.81 bits per heavy atom. The first-order chi connectivity index (χ1) is 12.5. The third kappa shape index (κ3) is 5.04. The van der Waals surface area contributed by atoms with E-state index in [1.54, 1.807) is 12.1 Å². The third-order valence-corrected chi connectivity index (χ3v) is 5.59. The van der Waals surface area contributed by atoms with Crippen molar-refractivity contribution in [1.29, 1.82) is 0 Å². The van der Waals surface area contributed by atoms with Crippen LogP contribution in [0.3, 0.4) is 0 Å². The average molecular weight is 406 g/mol. The second-order valence-corrected chi connectivity index (χ2v) is 7.98. The summed E-state index contributed by atoms with van der Waals surface area (Å²) in [6.45, 7) is 2.32. The van der Waals surface area contributed by atoms with Crippen molar-refractivity contribution in [3.63, 3.8) is 0 Å². The topological polar surface area (TPSA) is 54.9 Å². The molecule has 0 saturated heterocycles. The molecule has 2 aromatic carbocycles. The minimum Gasteiger partial charge on any atom is -0.366 e. The van der Waals surface area contributed by atoms with Gasteiger partial charge in [0.25, 0.3) is 0 Å². The van der Waals surface area contributed by atoms with Crippen LogP contribution in [-0.4, -0.2) is 14.2 Å². The van der Waals surface area contributed by atoms with E-state index >= 15 is 0 Å². The molecule has 1 heterocycles. The summed E-state index contributed by atoms with van der Waals surface area (Å²) in [7, 11) is -1.15. The van der Waals surface area contributed by atoms with E-state index in [0.29, 0.717) is 34.0 Å². The Bertz CT molecular complexity index is 935. The van der Waals surface area contributed by atoms with E-state index in [4.69, 9.17) is 23.2 Å². The fraction of sp³-hybridized carbons (Fsp3) is 0.158. The predicted octanol–water partition coefficient (Wildman–Crippen LogP) is 5.01. The van der Waals surface area contributed by atoms with Crippen molar-refractivity contribution in [3.05, 3.63) is 81.7 Å². The van der Waals surface area contributed by atoms with E-state index in [2.05, 4.69) is 15.3 Å². The van der Waals surface area contributed by atoms with Crippen LogP contribution in [0.15, 0.2) is 59.5 Å². The molecule has 0 radical (unpaired) electrons. The maximum absolute atomic E-state index is 12.5. The standard InChI is InChI=1S/C19H17Cl2N3OS/c1-13-23-16(12-26(25)17-5-3-2-4-6-17)10-19(24-13)22-11-14-7-8-15(20)9-18(14)21/h2-10H,11-12H2,1H3,(H,22,23,24)/t26-/m0/s1. The molecule has 0 saturated carbocycles. The van der Waals surface area contributed by atoms with Gasteiger partial charge in [-0.3, -0.25) is 4.21 Å². The van der Waals surface area contributed by atoms with Gasteiger partial charge in [0, 0.05) is 27.6 Å². The quantitative estimate of drug-likeness (QED) is 0.625. The van der Waals surface area contributed by atoms with Crippen LogP contribution in [0.25, 0.3) is 0 Å². The molecule has 26 heavy (non-hydrogen) atoms. The van der Waals surface area contributed by atoms with Gasteiger partial charge >= 0.3 is 0 Å². The Morgan fingerprint density at radius 1 is 1.04 bits per heavy atom. The van der Waals surface area contributed by atoms with Crippen LogP contribution in [0, 0.1) is 6.92 Å². The van der Waals surface area contributed by atoms with E-state index in [-0.39, 0.29) is 0 Å². The molecule has 0 aliphatic heterocycles. The Kier molecular flexibility index (Phi) is 6.25. The summed E-state index contributed by atoms with van der Waals surface area (Å²) in [5, 5.41) is 4.44. The van der Waals surface area contributed by atoms with Crippen LogP contribution in [-0.2, 0) is 23.1 Å². The van der Waals surface area contributed by atoms with Gasteiger partial charge < -0.3 is 5.32 Å². The lowest BCUT2D eigenvalue weighted by Gasteiger charge is -2.10. The average Bonchev–Trinajstić information content (AvgIpc) is 2.61. The van der Waals surface area contributed by atoms with Gasteiger partial charge in [0.15, 0.2) is 0 Å².